The number of hydrogen-bond donors (Lipinski definition) is 0. The fourth-order valence-corrected chi connectivity index (χ4v) is 6.09. The Balaban J connectivity index is 0.000000343. The van der Waals surface area contributed by atoms with Gasteiger partial charge in [-0.25, -0.2) is 0 Å². The highest BCUT2D eigenvalue weighted by molar-refractivity contribution is 5.52. The highest BCUT2D eigenvalue weighted by atomic mass is 16.5. The van der Waals surface area contributed by atoms with E-state index in [0.717, 1.165) is 25.4 Å². The minimum Gasteiger partial charge on any atom is -0.369 e. The molecule has 1 saturated heterocycles. The molecule has 30 heavy (non-hydrogen) atoms. The van der Waals surface area contributed by atoms with Crippen molar-refractivity contribution in [1.29, 1.82) is 0 Å². The molecule has 0 bridgehead atoms. The second kappa shape index (κ2) is 11.7. The number of unbranched alkanes of at least 4 members (excludes halogenated alkanes) is 5. The van der Waals surface area contributed by atoms with Crippen LogP contribution >= 0.6 is 0 Å². The first kappa shape index (κ1) is 25.4. The largest absolute Gasteiger partial charge is 0.369 e. The molecule has 1 spiro atoms. The molecule has 1 heteroatoms. The van der Waals surface area contributed by atoms with Crippen LogP contribution in [0.2, 0.25) is 0 Å². The van der Waals surface area contributed by atoms with Crippen molar-refractivity contribution < 1.29 is 4.74 Å². The third kappa shape index (κ3) is 5.32. The minimum absolute atomic E-state index is 0.0476. The van der Waals surface area contributed by atoms with Crippen LogP contribution in [0.1, 0.15) is 119 Å². The van der Waals surface area contributed by atoms with E-state index >= 15 is 0 Å². The molecule has 1 saturated carbocycles. The normalized spacial score (nSPS) is 29.5. The third-order valence-corrected chi connectivity index (χ3v) is 7.78. The van der Waals surface area contributed by atoms with Crippen molar-refractivity contribution in [2.45, 2.75) is 125 Å². The van der Waals surface area contributed by atoms with Crippen molar-refractivity contribution >= 4 is 0 Å². The molecule has 0 amide bonds. The van der Waals surface area contributed by atoms with Crippen LogP contribution in [0.4, 0.5) is 0 Å². The van der Waals surface area contributed by atoms with E-state index in [1.54, 1.807) is 0 Å². The summed E-state index contributed by atoms with van der Waals surface area (Å²) in [7, 11) is 0. The van der Waals surface area contributed by atoms with Crippen molar-refractivity contribution in [3.63, 3.8) is 0 Å². The third-order valence-electron chi connectivity index (χ3n) is 7.78. The number of allylic oxidation sites excluding steroid dienone is 4. The Kier molecular flexibility index (Phi) is 9.92. The maximum atomic E-state index is 6.71. The number of fused-ring (bicyclic) bond motifs is 2. The van der Waals surface area contributed by atoms with Gasteiger partial charge in [-0.3, -0.25) is 0 Å². The van der Waals surface area contributed by atoms with Gasteiger partial charge in [-0.2, -0.15) is 0 Å². The summed E-state index contributed by atoms with van der Waals surface area (Å²) in [4.78, 5) is 0. The van der Waals surface area contributed by atoms with Crippen LogP contribution < -0.4 is 0 Å². The molecule has 3 rings (SSSR count). The second-order valence-electron chi connectivity index (χ2n) is 10.6. The summed E-state index contributed by atoms with van der Waals surface area (Å²) in [5.74, 6) is 1.39. The molecule has 1 nitrogen and oxygen atoms in total. The van der Waals surface area contributed by atoms with E-state index in [9.17, 15) is 0 Å². The van der Waals surface area contributed by atoms with Crippen LogP contribution in [0.15, 0.2) is 34.9 Å². The quantitative estimate of drug-likeness (QED) is 0.360. The predicted molar refractivity (Wildman–Crippen MR) is 133 cm³/mol. The molecular formula is C29H50O. The molecule has 0 N–H and O–H groups in total. The van der Waals surface area contributed by atoms with E-state index in [1.165, 1.54) is 74.5 Å². The summed E-state index contributed by atoms with van der Waals surface area (Å²) in [6, 6.07) is 0. The fourth-order valence-electron chi connectivity index (χ4n) is 6.09. The van der Waals surface area contributed by atoms with Crippen molar-refractivity contribution in [3.8, 4) is 0 Å². The molecule has 0 radical (unpaired) electrons. The molecular weight excluding hydrogens is 364 g/mol. The molecule has 1 aliphatic heterocycles. The van der Waals surface area contributed by atoms with Gasteiger partial charge in [-0.1, -0.05) is 117 Å². The van der Waals surface area contributed by atoms with Gasteiger partial charge < -0.3 is 4.74 Å². The van der Waals surface area contributed by atoms with Crippen LogP contribution in [-0.2, 0) is 4.74 Å². The zero-order chi connectivity index (χ0) is 22.2. The molecule has 172 valence electrons. The highest BCUT2D eigenvalue weighted by Crippen LogP contribution is 2.63. The maximum Gasteiger partial charge on any atom is 0.102 e. The topological polar surface area (TPSA) is 9.23 Å². The smallest absolute Gasteiger partial charge is 0.102 e. The monoisotopic (exact) mass is 414 g/mol. The second-order valence-corrected chi connectivity index (χ2v) is 10.6. The first-order valence-electron chi connectivity index (χ1n) is 13.1. The van der Waals surface area contributed by atoms with Gasteiger partial charge >= 0.3 is 0 Å². The summed E-state index contributed by atoms with van der Waals surface area (Å²) in [5, 5.41) is 0. The summed E-state index contributed by atoms with van der Waals surface area (Å²) < 4.78 is 6.71. The lowest BCUT2D eigenvalue weighted by Gasteiger charge is -2.44. The van der Waals surface area contributed by atoms with Crippen LogP contribution in [0.5, 0.6) is 0 Å². The van der Waals surface area contributed by atoms with Crippen molar-refractivity contribution in [2.24, 2.45) is 17.3 Å². The van der Waals surface area contributed by atoms with Crippen LogP contribution in [0, 0.1) is 17.3 Å². The molecule has 2 fully saturated rings. The lowest BCUT2D eigenvalue weighted by atomic mass is 9.64. The Bertz CT molecular complexity index is 614. The van der Waals surface area contributed by atoms with Gasteiger partial charge in [0.1, 0.15) is 5.60 Å². The fraction of sp³-hybridized carbons (Fsp3) is 0.793. The molecule has 1 heterocycles. The van der Waals surface area contributed by atoms with Gasteiger partial charge in [0.2, 0.25) is 0 Å². The molecule has 3 aliphatic rings. The summed E-state index contributed by atoms with van der Waals surface area (Å²) >= 11 is 0. The first-order chi connectivity index (χ1) is 14.4. The summed E-state index contributed by atoms with van der Waals surface area (Å²) in [6.45, 7) is 17.2. The Labute approximate surface area is 188 Å². The molecule has 0 aromatic carbocycles. The van der Waals surface area contributed by atoms with Gasteiger partial charge in [0, 0.05) is 5.41 Å². The Morgan fingerprint density at radius 3 is 2.17 bits per heavy atom. The van der Waals surface area contributed by atoms with E-state index < -0.39 is 0 Å². The summed E-state index contributed by atoms with van der Waals surface area (Å²) in [5.41, 5.74) is 4.67. The standard InChI is InChI=1S/C21H32O.C8H18/c1-6-8-18-16(7-2)14-22-21(18)19-12-10-15(3)9-11-17(19)13-20(21,4)5;1-3-5-7-8-6-4-2/h9,11-12,16,18H,6-8,10,13-14H2,1-5H3;3-8H2,1-2H3. The lowest BCUT2D eigenvalue weighted by molar-refractivity contribution is -0.0645. The van der Waals surface area contributed by atoms with Crippen LogP contribution in [-0.4, -0.2) is 12.2 Å². The average Bonchev–Trinajstić information content (AvgIpc) is 3.12. The van der Waals surface area contributed by atoms with E-state index in [4.69, 9.17) is 4.74 Å². The van der Waals surface area contributed by atoms with Crippen molar-refractivity contribution in [3.05, 3.63) is 34.9 Å². The van der Waals surface area contributed by atoms with Gasteiger partial charge in [-0.05, 0) is 49.2 Å². The Hall–Kier alpha value is -0.820. The van der Waals surface area contributed by atoms with Crippen LogP contribution in [0.3, 0.4) is 0 Å². The first-order valence-corrected chi connectivity index (χ1v) is 13.1. The van der Waals surface area contributed by atoms with Gasteiger partial charge in [-0.15, -0.1) is 0 Å². The molecule has 2 aliphatic carbocycles. The lowest BCUT2D eigenvalue weighted by Crippen LogP contribution is -2.47. The molecule has 3 unspecified atom stereocenters. The zero-order valence-corrected chi connectivity index (χ0v) is 21.3. The van der Waals surface area contributed by atoms with E-state index in [1.807, 2.05) is 0 Å². The minimum atomic E-state index is -0.0476. The molecule has 0 aromatic heterocycles. The van der Waals surface area contributed by atoms with Crippen molar-refractivity contribution in [1.82, 2.24) is 0 Å². The predicted octanol–water partition coefficient (Wildman–Crippen LogP) is 9.20. The zero-order valence-electron chi connectivity index (χ0n) is 21.3. The van der Waals surface area contributed by atoms with E-state index in [-0.39, 0.29) is 11.0 Å². The van der Waals surface area contributed by atoms with E-state index in [0.29, 0.717) is 5.92 Å². The van der Waals surface area contributed by atoms with Gasteiger partial charge in [0.15, 0.2) is 0 Å². The number of ether oxygens (including phenoxy) is 1. The SMILES string of the molecule is CCCC1C(CC)COC12C1=CCC(C)=CC=C1CC2(C)C.CCCCCCCC. The Morgan fingerprint density at radius 1 is 0.933 bits per heavy atom. The molecule has 0 aromatic rings. The van der Waals surface area contributed by atoms with Gasteiger partial charge in [0.25, 0.3) is 0 Å². The summed E-state index contributed by atoms with van der Waals surface area (Å²) in [6.07, 6.45) is 21.7. The van der Waals surface area contributed by atoms with Gasteiger partial charge in [0.05, 0.1) is 6.61 Å². The average molecular weight is 415 g/mol. The molecule has 3 atom stereocenters. The van der Waals surface area contributed by atoms with Crippen molar-refractivity contribution in [2.75, 3.05) is 6.61 Å². The highest BCUT2D eigenvalue weighted by Gasteiger charge is 2.63. The van der Waals surface area contributed by atoms with Crippen LogP contribution in [0.25, 0.3) is 0 Å². The van der Waals surface area contributed by atoms with E-state index in [2.05, 4.69) is 66.7 Å². The maximum absolute atomic E-state index is 6.71. The number of hydrogen-bond acceptors (Lipinski definition) is 1. The number of rotatable bonds is 8. The Morgan fingerprint density at radius 2 is 1.60 bits per heavy atom.